The minimum Gasteiger partial charge on any atom is -0.480 e. The number of amides is 4. The number of nitrogens with one attached hydrogen (secondary N) is 6. The number of rotatable bonds is 43. The van der Waals surface area contributed by atoms with Crippen LogP contribution in [0.5, 0.6) is 0 Å². The lowest BCUT2D eigenvalue weighted by Crippen LogP contribution is -2.59. The van der Waals surface area contributed by atoms with Crippen molar-refractivity contribution in [1.29, 1.82) is 0 Å². The Balaban J connectivity index is 0.000000338. The summed E-state index contributed by atoms with van der Waals surface area (Å²) in [5.41, 5.74) is 25.4. The molecular formula is C100H144F2N14O17S3. The number of carboxylic acids is 1. The molecule has 8 aromatic carbocycles. The molecule has 0 aliphatic heterocycles. The summed E-state index contributed by atoms with van der Waals surface area (Å²) in [5, 5.41) is 71.2. The summed E-state index contributed by atoms with van der Waals surface area (Å²) < 4.78 is 112. The number of aliphatic hydroxyl groups excluding tert-OH is 3. The topological polar surface area (TPSA) is 498 Å². The highest BCUT2D eigenvalue weighted by Gasteiger charge is 2.41. The van der Waals surface area contributed by atoms with E-state index in [-0.39, 0.29) is 115 Å². The smallest absolute Gasteiger partial charge is 0.317 e. The van der Waals surface area contributed by atoms with E-state index in [1.165, 1.54) is 93.5 Å². The second-order valence-electron chi connectivity index (χ2n) is 39.6. The number of aliphatic hydroxyl groups is 3. The van der Waals surface area contributed by atoms with Crippen molar-refractivity contribution in [2.75, 3.05) is 63.8 Å². The summed E-state index contributed by atoms with van der Waals surface area (Å²) in [5.74, 6) is -3.56. The number of nitro benzene ring substituents is 1. The summed E-state index contributed by atoms with van der Waals surface area (Å²) >= 11 is 0. The molecule has 136 heavy (non-hydrogen) atoms. The Morgan fingerprint density at radius 1 is 0.397 bits per heavy atom. The van der Waals surface area contributed by atoms with Crippen LogP contribution >= 0.6 is 0 Å². The highest BCUT2D eigenvalue weighted by Crippen LogP contribution is 2.30. The van der Waals surface area contributed by atoms with Crippen LogP contribution in [0.1, 0.15) is 159 Å². The van der Waals surface area contributed by atoms with Gasteiger partial charge in [0.15, 0.2) is 0 Å². The summed E-state index contributed by atoms with van der Waals surface area (Å²) in [7, 11) is -12.0. The number of nitrogen functional groups attached to an aromatic ring is 2. The standard InChI is InChI=1S/C37H52FN5O5S.C26H38N4O6S.C26H40N4O4S.C11H14FNO2/c1-25(2)23-43(49(47,48)30-18-16-29(39)17-19-30)24-32(44)31(20-26-12-9-8-10-13-26)41-35(46)34(36(3,4)5)42-33(45)22-40-37(6,7)27-14-11-15-28(38)21-27;1-18(2)16-29(37(35,36)21-13-11-20(12-14-21)30(33)34)17-23(31)22(15-19-9-7-6-8-10-19)28-25(32)24(27)26(3,4)5;1-18(2)16-30(35(33,34)21-13-11-20(27)12-14-21)17-23(31)22(15-19-9-7-6-8-10-19)29-25(32)24(28)26(3,4)5;1-11(2,13-7-10(14)15)8-4-3-5-9(12)6-8/h8-19,21,25,31-32,34,40,44H,20,22-24,39H2,1-7H3,(H,41,46)(H,42,45);6-14,18,22-24,31H,15-17,27H2,1-5H3,(H,28,32);6-14,18,22-24,31H,15-17,27-28H2,1-5H3,(H,29,32);3-6,13H,7H2,1-2H3,(H,14,15)/t31-,32+,34+;2*22-,23+,24+;/m000./s1. The molecule has 9 atom stereocenters. The molecule has 0 saturated heterocycles. The average molecular weight is 1950 g/mol. The number of aliphatic carboxylic acids is 1. The predicted molar refractivity (Wildman–Crippen MR) is 529 cm³/mol. The molecule has 0 saturated carbocycles. The van der Waals surface area contributed by atoms with Gasteiger partial charge in [0.25, 0.3) is 5.69 Å². The van der Waals surface area contributed by atoms with Crippen LogP contribution in [-0.2, 0) is 84.4 Å². The lowest BCUT2D eigenvalue weighted by Gasteiger charge is -2.35. The summed E-state index contributed by atoms with van der Waals surface area (Å²) in [4.78, 5) is 73.8. The Kier molecular flexibility index (Phi) is 44.1. The maximum atomic E-state index is 14.0. The van der Waals surface area contributed by atoms with Gasteiger partial charge in [0.1, 0.15) is 17.7 Å². The molecule has 0 spiro atoms. The summed E-state index contributed by atoms with van der Waals surface area (Å²) in [6.07, 6.45) is -2.95. The van der Waals surface area contributed by atoms with Gasteiger partial charge < -0.3 is 64.6 Å². The Bertz CT molecular complexity index is 5490. The maximum Gasteiger partial charge on any atom is 0.317 e. The van der Waals surface area contributed by atoms with E-state index >= 15 is 0 Å². The number of carbonyl (C=O) groups excluding carboxylic acids is 4. The van der Waals surface area contributed by atoms with Crippen molar-refractivity contribution in [3.05, 3.63) is 262 Å². The first-order valence-corrected chi connectivity index (χ1v) is 49.4. The fourth-order valence-electron chi connectivity index (χ4n) is 14.0. The molecule has 0 radical (unpaired) electrons. The fraction of sp³-hybridized carbons (Fsp3) is 0.470. The Labute approximate surface area is 802 Å². The molecule has 0 unspecified atom stereocenters. The molecule has 8 aromatic rings. The monoisotopic (exact) mass is 1950 g/mol. The molecule has 0 heterocycles. The van der Waals surface area contributed by atoms with Crippen molar-refractivity contribution in [2.24, 2.45) is 45.5 Å². The number of hydrogen-bond acceptors (Lipinski definition) is 22. The molecule has 0 aromatic heterocycles. The second-order valence-corrected chi connectivity index (χ2v) is 45.4. The second kappa shape index (κ2) is 51.7. The molecule has 31 nitrogen and oxygen atoms in total. The van der Waals surface area contributed by atoms with E-state index in [1.54, 1.807) is 24.3 Å². The molecule has 4 amide bonds. The minimum absolute atomic E-state index is 0.0160. The van der Waals surface area contributed by atoms with Gasteiger partial charge in [0.2, 0.25) is 53.7 Å². The molecule has 0 aliphatic carbocycles. The van der Waals surface area contributed by atoms with Crippen LogP contribution in [-0.4, -0.2) is 200 Å². The van der Waals surface area contributed by atoms with Gasteiger partial charge in [-0.05, 0) is 194 Å². The number of benzene rings is 8. The van der Waals surface area contributed by atoms with Crippen molar-refractivity contribution < 1.29 is 83.4 Å². The van der Waals surface area contributed by atoms with Crippen LogP contribution < -0.4 is 54.8 Å². The minimum atomic E-state index is -4.09. The Hall–Kier alpha value is -10.6. The summed E-state index contributed by atoms with van der Waals surface area (Å²) in [6.45, 7) is 34.5. The first kappa shape index (κ1) is 116. The number of hydrogen-bond donors (Lipinski definition) is 14. The number of anilines is 2. The van der Waals surface area contributed by atoms with Gasteiger partial charge in [0.05, 0.1) is 81.2 Å². The van der Waals surface area contributed by atoms with E-state index in [4.69, 9.17) is 28.0 Å². The number of sulfonamides is 3. The lowest BCUT2D eigenvalue weighted by atomic mass is 9.85. The number of nitro groups is 1. The highest BCUT2D eigenvalue weighted by atomic mass is 32.2. The number of nitrogens with zero attached hydrogens (tertiary/aromatic N) is 4. The normalized spacial score (nSPS) is 14.4. The van der Waals surface area contributed by atoms with Crippen molar-refractivity contribution in [3.63, 3.8) is 0 Å². The quantitative estimate of drug-likeness (QED) is 0.00959. The van der Waals surface area contributed by atoms with Crippen LogP contribution in [0.15, 0.2) is 227 Å². The third-order valence-corrected chi connectivity index (χ3v) is 27.7. The molecule has 8 rings (SSSR count). The molecule has 0 fully saturated rings. The van der Waals surface area contributed by atoms with E-state index in [1.807, 2.05) is 223 Å². The van der Waals surface area contributed by atoms with Crippen molar-refractivity contribution in [3.8, 4) is 0 Å². The van der Waals surface area contributed by atoms with Crippen LogP contribution in [0.2, 0.25) is 0 Å². The van der Waals surface area contributed by atoms with Gasteiger partial charge >= 0.3 is 5.97 Å². The first-order valence-electron chi connectivity index (χ1n) is 45.1. The van der Waals surface area contributed by atoms with E-state index < -0.39 is 146 Å². The van der Waals surface area contributed by atoms with Gasteiger partial charge in [0, 0.05) is 73.9 Å². The lowest BCUT2D eigenvalue weighted by molar-refractivity contribution is -0.384. The third-order valence-electron chi connectivity index (χ3n) is 22.2. The van der Waals surface area contributed by atoms with E-state index in [0.717, 1.165) is 38.7 Å². The highest BCUT2D eigenvalue weighted by molar-refractivity contribution is 7.89. The van der Waals surface area contributed by atoms with Crippen molar-refractivity contribution >= 4 is 76.7 Å². The molecule has 18 N–H and O–H groups in total. The van der Waals surface area contributed by atoms with Crippen molar-refractivity contribution in [1.82, 2.24) is 44.8 Å². The zero-order chi connectivity index (χ0) is 102. The zero-order valence-corrected chi connectivity index (χ0v) is 84.0. The number of carbonyl (C=O) groups is 5. The van der Waals surface area contributed by atoms with E-state index in [2.05, 4.69) is 31.9 Å². The predicted octanol–water partition coefficient (Wildman–Crippen LogP) is 11.0. The molecule has 0 aliphatic rings. The number of nitrogens with two attached hydrogens (primary N) is 4. The Morgan fingerprint density at radius 3 is 0.949 bits per heavy atom. The zero-order valence-electron chi connectivity index (χ0n) is 81.6. The number of carboxylic acid groups (broad SMARTS) is 1. The van der Waals surface area contributed by atoms with Crippen LogP contribution in [0.4, 0.5) is 25.8 Å². The first-order chi connectivity index (χ1) is 63.0. The van der Waals surface area contributed by atoms with Crippen molar-refractivity contribution in [2.45, 2.75) is 231 Å². The van der Waals surface area contributed by atoms with Crippen LogP contribution in [0.3, 0.4) is 0 Å². The van der Waals surface area contributed by atoms with Crippen LogP contribution in [0.25, 0.3) is 0 Å². The third kappa shape index (κ3) is 37.7. The van der Waals surface area contributed by atoms with E-state index in [9.17, 15) is 83.4 Å². The largest absolute Gasteiger partial charge is 0.480 e. The van der Waals surface area contributed by atoms with Gasteiger partial charge in [-0.25, -0.2) is 34.0 Å². The van der Waals surface area contributed by atoms with Gasteiger partial charge in [-0.3, -0.25) is 44.7 Å². The number of non-ortho nitro benzene ring substituents is 1. The molecule has 748 valence electrons. The van der Waals surface area contributed by atoms with E-state index in [0.29, 0.717) is 23.4 Å². The Morgan fingerprint density at radius 2 is 0.684 bits per heavy atom. The molecule has 36 heteroatoms. The van der Waals surface area contributed by atoms with Crippen LogP contribution in [0, 0.1) is 55.7 Å². The molecule has 0 bridgehead atoms. The molecular weight excluding hydrogens is 1800 g/mol. The van der Waals surface area contributed by atoms with Gasteiger partial charge in [-0.15, -0.1) is 0 Å². The fourth-order valence-corrected chi connectivity index (χ4v) is 18.9. The SMILES string of the molecule is CC(C)(NCC(=O)O)c1cccc(F)c1.CC(C)CN(C[C@@H](O)[C@H](Cc1ccccc1)NC(=O)[C@@H](N)C(C)(C)C)S(=O)(=O)c1ccc(N)cc1.CC(C)CN(C[C@@H](O)[C@H](Cc1ccccc1)NC(=O)[C@@H](N)C(C)(C)C)S(=O)(=O)c1ccc([N+](=O)[O-])cc1.CC(C)CN(C[C@@H](O)[C@H](Cc1ccccc1)NC(=O)[C@@H](NC(=O)CNC(C)(C)c1cccc(F)c1)C(C)(C)C)S(=O)(=O)c1ccc(N)cc1. The van der Waals surface area contributed by atoms with Gasteiger partial charge in [-0.2, -0.15) is 12.9 Å². The maximum absolute atomic E-state index is 14.0. The summed E-state index contributed by atoms with van der Waals surface area (Å²) in [6, 6.07) is 51.5. The number of halogens is 2. The van der Waals surface area contributed by atoms with Gasteiger partial charge in [-0.1, -0.05) is 219 Å². The average Bonchev–Trinajstić information content (AvgIpc) is 0.756.